The van der Waals surface area contributed by atoms with Crippen molar-refractivity contribution in [3.8, 4) is 11.5 Å². The van der Waals surface area contributed by atoms with Gasteiger partial charge in [-0.2, -0.15) is 16.8 Å². The van der Waals surface area contributed by atoms with Crippen LogP contribution in [0.25, 0.3) is 0 Å². The van der Waals surface area contributed by atoms with Gasteiger partial charge in [-0.05, 0) is 24.3 Å². The van der Waals surface area contributed by atoms with Crippen molar-refractivity contribution in [2.45, 2.75) is 0 Å². The Balaban J connectivity index is 0. The molecule has 4 N–H and O–H groups in total. The number of benzene rings is 1. The number of aromatic hydroxyl groups is 2. The van der Waals surface area contributed by atoms with E-state index in [9.17, 15) is 16.8 Å². The number of phenolic OH excluding ortho intramolecular Hbond substituents is 2. The topological polar surface area (TPSA) is 149 Å². The highest BCUT2D eigenvalue weighted by atomic mass is 32.2. The number of phenols is 2. The Morgan fingerprint density at radius 2 is 0.833 bits per heavy atom. The van der Waals surface area contributed by atoms with Gasteiger partial charge in [0.25, 0.3) is 20.2 Å². The summed E-state index contributed by atoms with van der Waals surface area (Å²) in [6.07, 6.45) is 1.43. The summed E-state index contributed by atoms with van der Waals surface area (Å²) < 4.78 is 51.7. The van der Waals surface area contributed by atoms with Crippen LogP contribution in [0.4, 0.5) is 0 Å². The molecule has 1 aromatic rings. The summed E-state index contributed by atoms with van der Waals surface area (Å²) in [6, 6.07) is 5.70. The maximum absolute atomic E-state index is 9.19. The van der Waals surface area contributed by atoms with Crippen LogP contribution in [0, 0.1) is 0 Å². The molecule has 0 unspecified atom stereocenters. The Hall–Kier alpha value is -1.36. The molecule has 0 saturated heterocycles. The summed E-state index contributed by atoms with van der Waals surface area (Å²) in [5, 5.41) is 17.3. The molecule has 0 atom stereocenters. The van der Waals surface area contributed by atoms with Gasteiger partial charge in [-0.1, -0.05) is 0 Å². The zero-order valence-electron chi connectivity index (χ0n) is 9.55. The van der Waals surface area contributed by atoms with Crippen LogP contribution in [0.3, 0.4) is 0 Å². The second-order valence-electron chi connectivity index (χ2n) is 2.98. The lowest BCUT2D eigenvalue weighted by Crippen LogP contribution is -1.88. The van der Waals surface area contributed by atoms with Crippen LogP contribution < -0.4 is 0 Å². The zero-order valence-corrected chi connectivity index (χ0v) is 11.2. The number of hydrogen-bond acceptors (Lipinski definition) is 6. The van der Waals surface area contributed by atoms with Crippen molar-refractivity contribution in [1.29, 1.82) is 0 Å². The van der Waals surface area contributed by atoms with Crippen molar-refractivity contribution < 1.29 is 36.2 Å². The summed E-state index contributed by atoms with van der Waals surface area (Å²) in [7, 11) is -7.33. The van der Waals surface area contributed by atoms with E-state index in [1.165, 1.54) is 24.3 Å². The van der Waals surface area contributed by atoms with Crippen molar-refractivity contribution in [1.82, 2.24) is 0 Å². The zero-order chi connectivity index (χ0) is 15.0. The van der Waals surface area contributed by atoms with E-state index in [4.69, 9.17) is 19.3 Å². The first-order valence-corrected chi connectivity index (χ1v) is 7.81. The molecule has 0 aromatic heterocycles. The fourth-order valence-electron chi connectivity index (χ4n) is 0.453. The summed E-state index contributed by atoms with van der Waals surface area (Å²) in [6.45, 7) is 0. The molecular formula is C8H14O8S2. The quantitative estimate of drug-likeness (QED) is 0.389. The van der Waals surface area contributed by atoms with Gasteiger partial charge in [0, 0.05) is 0 Å². The van der Waals surface area contributed by atoms with Gasteiger partial charge in [0.05, 0.1) is 12.5 Å². The first kappa shape index (κ1) is 19.0. The van der Waals surface area contributed by atoms with Gasteiger partial charge >= 0.3 is 0 Å². The van der Waals surface area contributed by atoms with Gasteiger partial charge < -0.3 is 10.2 Å². The Morgan fingerprint density at radius 3 is 0.944 bits per heavy atom. The minimum atomic E-state index is -3.67. The van der Waals surface area contributed by atoms with E-state index in [-0.39, 0.29) is 11.5 Å². The molecule has 0 fully saturated rings. The van der Waals surface area contributed by atoms with E-state index in [0.29, 0.717) is 12.5 Å². The minimum absolute atomic E-state index is 0.169. The lowest BCUT2D eigenvalue weighted by molar-refractivity contribution is 0.460. The lowest BCUT2D eigenvalue weighted by atomic mass is 10.3. The molecule has 106 valence electrons. The Morgan fingerprint density at radius 1 is 0.722 bits per heavy atom. The van der Waals surface area contributed by atoms with Crippen molar-refractivity contribution in [3.05, 3.63) is 24.3 Å². The Bertz CT molecular complexity index is 462. The van der Waals surface area contributed by atoms with Gasteiger partial charge in [-0.3, -0.25) is 9.11 Å². The first-order valence-electron chi connectivity index (χ1n) is 4.12. The van der Waals surface area contributed by atoms with Crippen molar-refractivity contribution in [3.63, 3.8) is 0 Å². The summed E-state index contributed by atoms with van der Waals surface area (Å²) in [5.41, 5.74) is 0. The predicted molar refractivity (Wildman–Crippen MR) is 64.7 cm³/mol. The highest BCUT2D eigenvalue weighted by Crippen LogP contribution is 2.13. The van der Waals surface area contributed by atoms with E-state index in [1.54, 1.807) is 0 Å². The highest BCUT2D eigenvalue weighted by Gasteiger charge is 1.84. The monoisotopic (exact) mass is 302 g/mol. The molecule has 0 amide bonds. The molecule has 0 spiro atoms. The number of hydrogen-bond donors (Lipinski definition) is 4. The largest absolute Gasteiger partial charge is 0.508 e. The van der Waals surface area contributed by atoms with Crippen molar-refractivity contribution >= 4 is 20.2 Å². The van der Waals surface area contributed by atoms with Crippen LogP contribution in [-0.2, 0) is 20.2 Å². The Labute approximate surface area is 105 Å². The molecule has 10 heteroatoms. The molecule has 0 aliphatic carbocycles. The molecule has 18 heavy (non-hydrogen) atoms. The third kappa shape index (κ3) is 36.5. The molecular weight excluding hydrogens is 288 g/mol. The SMILES string of the molecule is CS(=O)(=O)O.CS(=O)(=O)O.Oc1ccc(O)cc1. The third-order valence-corrected chi connectivity index (χ3v) is 0.850. The molecule has 0 aliphatic rings. The van der Waals surface area contributed by atoms with Gasteiger partial charge in [0.15, 0.2) is 0 Å². The van der Waals surface area contributed by atoms with Crippen molar-refractivity contribution in [2.75, 3.05) is 12.5 Å². The summed E-state index contributed by atoms with van der Waals surface area (Å²) >= 11 is 0. The first-order chi connectivity index (χ1) is 7.79. The molecule has 0 saturated carbocycles. The predicted octanol–water partition coefficient (Wildman–Crippen LogP) is 0.106. The second-order valence-corrected chi connectivity index (χ2v) is 5.91. The van der Waals surface area contributed by atoms with Crippen LogP contribution in [0.1, 0.15) is 0 Å². The summed E-state index contributed by atoms with van der Waals surface area (Å²) in [5.74, 6) is 0.339. The maximum atomic E-state index is 9.19. The van der Waals surface area contributed by atoms with E-state index in [1.807, 2.05) is 0 Å². The molecule has 1 aromatic carbocycles. The van der Waals surface area contributed by atoms with Gasteiger partial charge in [-0.15, -0.1) is 0 Å². The number of rotatable bonds is 0. The van der Waals surface area contributed by atoms with Crippen LogP contribution in [-0.4, -0.2) is 48.7 Å². The molecule has 0 aliphatic heterocycles. The average Bonchev–Trinajstić information content (AvgIpc) is 2.04. The van der Waals surface area contributed by atoms with E-state index < -0.39 is 20.2 Å². The van der Waals surface area contributed by atoms with Crippen LogP contribution in [0.2, 0.25) is 0 Å². The molecule has 0 radical (unpaired) electrons. The van der Waals surface area contributed by atoms with Gasteiger partial charge in [0.1, 0.15) is 11.5 Å². The van der Waals surface area contributed by atoms with Gasteiger partial charge in [-0.25, -0.2) is 0 Å². The van der Waals surface area contributed by atoms with E-state index in [2.05, 4.69) is 0 Å². The smallest absolute Gasteiger partial charge is 0.261 e. The average molecular weight is 302 g/mol. The molecule has 1 rings (SSSR count). The third-order valence-electron chi connectivity index (χ3n) is 0.850. The van der Waals surface area contributed by atoms with E-state index in [0.717, 1.165) is 0 Å². The summed E-state index contributed by atoms with van der Waals surface area (Å²) in [4.78, 5) is 0. The fraction of sp³-hybridized carbons (Fsp3) is 0.250. The van der Waals surface area contributed by atoms with Crippen LogP contribution in [0.15, 0.2) is 24.3 Å². The minimum Gasteiger partial charge on any atom is -0.508 e. The molecule has 8 nitrogen and oxygen atoms in total. The molecule has 0 bridgehead atoms. The van der Waals surface area contributed by atoms with Crippen LogP contribution in [0.5, 0.6) is 11.5 Å². The maximum Gasteiger partial charge on any atom is 0.261 e. The highest BCUT2D eigenvalue weighted by molar-refractivity contribution is 7.85. The normalized spacial score (nSPS) is 10.4. The van der Waals surface area contributed by atoms with Crippen LogP contribution >= 0.6 is 0 Å². The standard InChI is InChI=1S/C6H6O2.2CH4O3S/c7-5-1-2-6(8)4-3-5;2*1-5(2,3)4/h1-4,7-8H;2*1H3,(H,2,3,4). The van der Waals surface area contributed by atoms with Crippen molar-refractivity contribution in [2.24, 2.45) is 0 Å². The lowest BCUT2D eigenvalue weighted by Gasteiger charge is -1.88. The fourth-order valence-corrected chi connectivity index (χ4v) is 0.453. The van der Waals surface area contributed by atoms with E-state index >= 15 is 0 Å². The second kappa shape index (κ2) is 7.87. The van der Waals surface area contributed by atoms with Gasteiger partial charge in [0.2, 0.25) is 0 Å². The Kier molecular flexibility index (Phi) is 8.30. The molecule has 0 heterocycles.